The Labute approximate surface area is 227 Å². The molecular formula is C27H31FN8O2S. The summed E-state index contributed by atoms with van der Waals surface area (Å²) >= 11 is 0. The molecule has 0 atom stereocenters. The second-order valence-electron chi connectivity index (χ2n) is 9.53. The highest BCUT2D eigenvalue weighted by molar-refractivity contribution is 7.88. The van der Waals surface area contributed by atoms with Crippen LogP contribution in [0.4, 0.5) is 21.8 Å². The fourth-order valence-corrected chi connectivity index (χ4v) is 5.90. The van der Waals surface area contributed by atoms with Crippen molar-refractivity contribution in [1.82, 2.24) is 29.4 Å². The number of nitrogens with one attached hydrogen (secondary N) is 3. The van der Waals surface area contributed by atoms with Gasteiger partial charge in [-0.15, -0.1) is 0 Å². The summed E-state index contributed by atoms with van der Waals surface area (Å²) in [6.07, 6.45) is 5.78. The zero-order chi connectivity index (χ0) is 27.2. The van der Waals surface area contributed by atoms with Gasteiger partial charge in [-0.2, -0.15) is 14.4 Å². The molecule has 12 heteroatoms. The Hall–Kier alpha value is -3.87. The number of nitrogens with zero attached hydrogens (tertiary/aromatic N) is 5. The van der Waals surface area contributed by atoms with E-state index in [9.17, 15) is 12.8 Å². The van der Waals surface area contributed by atoms with Crippen LogP contribution in [0.3, 0.4) is 0 Å². The van der Waals surface area contributed by atoms with Gasteiger partial charge < -0.3 is 15.5 Å². The van der Waals surface area contributed by atoms with Crippen LogP contribution in [-0.2, 0) is 22.2 Å². The van der Waals surface area contributed by atoms with E-state index in [2.05, 4.69) is 35.7 Å². The largest absolute Gasteiger partial charge is 0.369 e. The van der Waals surface area contributed by atoms with Crippen LogP contribution >= 0.6 is 0 Å². The maximum absolute atomic E-state index is 13.5. The van der Waals surface area contributed by atoms with Crippen LogP contribution in [0.15, 0.2) is 67.1 Å². The zero-order valence-corrected chi connectivity index (χ0v) is 22.5. The molecule has 1 fully saturated rings. The van der Waals surface area contributed by atoms with Crippen molar-refractivity contribution in [3.63, 3.8) is 0 Å². The lowest BCUT2D eigenvalue weighted by atomic mass is 10.1. The van der Waals surface area contributed by atoms with Gasteiger partial charge in [0.2, 0.25) is 16.0 Å². The van der Waals surface area contributed by atoms with Crippen molar-refractivity contribution in [2.75, 3.05) is 50.4 Å². The molecule has 3 heterocycles. The Morgan fingerprint density at radius 3 is 2.54 bits per heavy atom. The number of piperazine rings is 1. The highest BCUT2D eigenvalue weighted by Crippen LogP contribution is 2.27. The van der Waals surface area contributed by atoms with Crippen LogP contribution in [0.1, 0.15) is 11.1 Å². The summed E-state index contributed by atoms with van der Waals surface area (Å²) < 4.78 is 40.8. The van der Waals surface area contributed by atoms with Gasteiger partial charge in [0.25, 0.3) is 0 Å². The Bertz CT molecular complexity index is 1490. The Morgan fingerprint density at radius 1 is 1.03 bits per heavy atom. The van der Waals surface area contributed by atoms with Crippen LogP contribution < -0.4 is 10.6 Å². The zero-order valence-electron chi connectivity index (χ0n) is 21.6. The standard InChI is InChI=1S/C27H31FN8O2S/c1-35-11-13-36(14-12-35)39(37,38)19-21-5-7-24(8-6-21)33-27-30-18-25(22-16-31-32-17-22)26(34-27)29-10-9-20-3-2-4-23(28)15-20/h2-8,15-18H,9-14,19H2,1H3,(H,31,32)(H2,29,30,33,34). The number of likely N-dealkylation sites (N-methyl/N-ethyl adjacent to an activating group) is 1. The number of benzene rings is 2. The van der Waals surface area contributed by atoms with E-state index in [-0.39, 0.29) is 11.6 Å². The lowest BCUT2D eigenvalue weighted by molar-refractivity contribution is 0.222. The van der Waals surface area contributed by atoms with Crippen molar-refractivity contribution in [2.45, 2.75) is 12.2 Å². The van der Waals surface area contributed by atoms with Crippen LogP contribution in [0.25, 0.3) is 11.1 Å². The van der Waals surface area contributed by atoms with E-state index in [0.29, 0.717) is 37.8 Å². The average molecular weight is 551 g/mol. The molecule has 0 bridgehead atoms. The molecule has 0 spiro atoms. The van der Waals surface area contributed by atoms with E-state index >= 15 is 0 Å². The molecule has 1 aliphatic heterocycles. The second kappa shape index (κ2) is 11.9. The predicted octanol–water partition coefficient (Wildman–Crippen LogP) is 3.48. The van der Waals surface area contributed by atoms with Crippen molar-refractivity contribution in [3.8, 4) is 11.1 Å². The third-order valence-electron chi connectivity index (χ3n) is 6.61. The van der Waals surface area contributed by atoms with Crippen molar-refractivity contribution in [1.29, 1.82) is 0 Å². The number of H-pyrrole nitrogens is 1. The number of halogens is 1. The van der Waals surface area contributed by atoms with E-state index in [1.165, 1.54) is 12.1 Å². The molecule has 0 radical (unpaired) electrons. The average Bonchev–Trinajstić information content (AvgIpc) is 3.45. The van der Waals surface area contributed by atoms with Crippen LogP contribution in [-0.4, -0.2) is 77.6 Å². The molecule has 0 amide bonds. The highest BCUT2D eigenvalue weighted by atomic mass is 32.2. The molecular weight excluding hydrogens is 519 g/mol. The van der Waals surface area contributed by atoms with Gasteiger partial charge in [-0.3, -0.25) is 5.10 Å². The summed E-state index contributed by atoms with van der Waals surface area (Å²) in [7, 11) is -1.37. The van der Waals surface area contributed by atoms with Gasteiger partial charge in [-0.05, 0) is 48.9 Å². The first-order valence-electron chi connectivity index (χ1n) is 12.7. The highest BCUT2D eigenvalue weighted by Gasteiger charge is 2.25. The quantitative estimate of drug-likeness (QED) is 0.275. The molecule has 0 aliphatic carbocycles. The minimum atomic E-state index is -3.37. The van der Waals surface area contributed by atoms with Crippen LogP contribution in [0.2, 0.25) is 0 Å². The summed E-state index contributed by atoms with van der Waals surface area (Å²) in [6, 6.07) is 13.8. The van der Waals surface area contributed by atoms with E-state index in [4.69, 9.17) is 0 Å². The molecule has 3 N–H and O–H groups in total. The lowest BCUT2D eigenvalue weighted by Crippen LogP contribution is -2.47. The fourth-order valence-electron chi connectivity index (χ4n) is 4.39. The molecule has 0 unspecified atom stereocenters. The molecule has 2 aromatic carbocycles. The Morgan fingerprint density at radius 2 is 1.82 bits per heavy atom. The molecule has 4 aromatic rings. The fraction of sp³-hybridized carbons (Fsp3) is 0.296. The third kappa shape index (κ3) is 6.96. The third-order valence-corrected chi connectivity index (χ3v) is 8.46. The molecule has 10 nitrogen and oxygen atoms in total. The van der Waals surface area contributed by atoms with Gasteiger partial charge in [0, 0.05) is 61.9 Å². The molecule has 0 saturated carbocycles. The molecule has 1 saturated heterocycles. The molecule has 2 aromatic heterocycles. The number of aromatic nitrogens is 4. The minimum Gasteiger partial charge on any atom is -0.369 e. The summed E-state index contributed by atoms with van der Waals surface area (Å²) in [5.74, 6) is 0.697. The number of hydrogen-bond acceptors (Lipinski definition) is 8. The molecule has 1 aliphatic rings. The smallest absolute Gasteiger partial charge is 0.229 e. The Kier molecular flexibility index (Phi) is 8.15. The van der Waals surface area contributed by atoms with Gasteiger partial charge >= 0.3 is 0 Å². The number of rotatable bonds is 10. The number of aromatic amines is 1. The predicted molar refractivity (Wildman–Crippen MR) is 150 cm³/mol. The number of hydrogen-bond donors (Lipinski definition) is 3. The maximum Gasteiger partial charge on any atom is 0.229 e. The first-order valence-corrected chi connectivity index (χ1v) is 14.3. The topological polar surface area (TPSA) is 119 Å². The van der Waals surface area contributed by atoms with E-state index in [0.717, 1.165) is 41.0 Å². The van der Waals surface area contributed by atoms with Crippen molar-refractivity contribution in [2.24, 2.45) is 0 Å². The van der Waals surface area contributed by atoms with Gasteiger partial charge in [0.1, 0.15) is 11.6 Å². The minimum absolute atomic E-state index is 0.0354. The summed E-state index contributed by atoms with van der Waals surface area (Å²) in [4.78, 5) is 11.3. The second-order valence-corrected chi connectivity index (χ2v) is 11.5. The van der Waals surface area contributed by atoms with E-state index in [1.807, 2.05) is 25.2 Å². The van der Waals surface area contributed by atoms with Crippen LogP contribution in [0.5, 0.6) is 0 Å². The molecule has 5 rings (SSSR count). The maximum atomic E-state index is 13.5. The SMILES string of the molecule is CN1CCN(S(=O)(=O)Cc2ccc(Nc3ncc(-c4cn[nH]c4)c(NCCc4cccc(F)c4)n3)cc2)CC1. The van der Waals surface area contributed by atoms with Crippen molar-refractivity contribution in [3.05, 3.63) is 84.1 Å². The van der Waals surface area contributed by atoms with E-state index < -0.39 is 10.0 Å². The van der Waals surface area contributed by atoms with Gasteiger partial charge in [-0.1, -0.05) is 24.3 Å². The van der Waals surface area contributed by atoms with Gasteiger partial charge in [0.05, 0.1) is 11.9 Å². The van der Waals surface area contributed by atoms with Crippen LogP contribution in [0, 0.1) is 5.82 Å². The summed E-state index contributed by atoms with van der Waals surface area (Å²) in [5.41, 5.74) is 3.95. The summed E-state index contributed by atoms with van der Waals surface area (Å²) in [5, 5.41) is 13.3. The van der Waals surface area contributed by atoms with Gasteiger partial charge in [0.15, 0.2) is 0 Å². The molecule has 204 valence electrons. The van der Waals surface area contributed by atoms with Crippen molar-refractivity contribution < 1.29 is 12.8 Å². The Balaban J connectivity index is 1.26. The lowest BCUT2D eigenvalue weighted by Gasteiger charge is -2.31. The van der Waals surface area contributed by atoms with E-state index in [1.54, 1.807) is 41.1 Å². The first kappa shape index (κ1) is 26.7. The number of sulfonamides is 1. The number of anilines is 3. The summed E-state index contributed by atoms with van der Waals surface area (Å²) in [6.45, 7) is 3.06. The molecule has 39 heavy (non-hydrogen) atoms. The first-order chi connectivity index (χ1) is 18.9. The normalized spacial score (nSPS) is 14.8. The van der Waals surface area contributed by atoms with Gasteiger partial charge in [-0.25, -0.2) is 17.8 Å². The monoisotopic (exact) mass is 550 g/mol. The van der Waals surface area contributed by atoms with Crippen molar-refractivity contribution >= 4 is 27.5 Å².